The minimum Gasteiger partial charge on any atom is -0.378 e. The highest BCUT2D eigenvalue weighted by Crippen LogP contribution is 2.22. The number of carbonyl (C=O) groups is 1. The molecule has 0 aliphatic carbocycles. The van der Waals surface area contributed by atoms with E-state index in [1.807, 2.05) is 79.7 Å². The van der Waals surface area contributed by atoms with Crippen molar-refractivity contribution in [1.82, 2.24) is 15.3 Å². The van der Waals surface area contributed by atoms with Crippen molar-refractivity contribution in [2.75, 3.05) is 19.0 Å². The predicted octanol–water partition coefficient (Wildman–Crippen LogP) is 5.21. The second-order valence-corrected chi connectivity index (χ2v) is 7.55. The van der Waals surface area contributed by atoms with E-state index in [9.17, 15) is 4.79 Å². The molecule has 0 unspecified atom stereocenters. The second-order valence-electron chi connectivity index (χ2n) is 7.11. The van der Waals surface area contributed by atoms with E-state index in [1.165, 1.54) is 0 Å². The Morgan fingerprint density at radius 3 is 2.47 bits per heavy atom. The molecule has 6 heteroatoms. The molecule has 5 nitrogen and oxygen atoms in total. The molecular formula is C24H21ClN4O. The van der Waals surface area contributed by atoms with E-state index in [1.54, 1.807) is 18.2 Å². The Morgan fingerprint density at radius 1 is 1.03 bits per heavy atom. The van der Waals surface area contributed by atoms with E-state index in [0.29, 0.717) is 22.1 Å². The van der Waals surface area contributed by atoms with Crippen molar-refractivity contribution < 1.29 is 4.79 Å². The van der Waals surface area contributed by atoms with Crippen molar-refractivity contribution >= 4 is 46.0 Å². The average Bonchev–Trinajstić information content (AvgIpc) is 3.17. The number of amides is 1. The molecule has 0 bridgehead atoms. The van der Waals surface area contributed by atoms with E-state index in [0.717, 1.165) is 22.3 Å². The Labute approximate surface area is 180 Å². The van der Waals surface area contributed by atoms with Gasteiger partial charge in [0.2, 0.25) is 0 Å². The summed E-state index contributed by atoms with van der Waals surface area (Å²) in [7, 11) is 3.99. The van der Waals surface area contributed by atoms with Crippen LogP contribution < -0.4 is 10.2 Å². The van der Waals surface area contributed by atoms with Gasteiger partial charge in [-0.05, 0) is 54.1 Å². The zero-order valence-electron chi connectivity index (χ0n) is 16.7. The molecule has 0 radical (unpaired) electrons. The molecule has 0 saturated heterocycles. The highest BCUT2D eigenvalue weighted by molar-refractivity contribution is 6.31. The fourth-order valence-electron chi connectivity index (χ4n) is 3.09. The first-order valence-electron chi connectivity index (χ1n) is 9.51. The number of rotatable bonds is 5. The number of anilines is 1. The van der Waals surface area contributed by atoms with Crippen LogP contribution in [0.3, 0.4) is 0 Å². The summed E-state index contributed by atoms with van der Waals surface area (Å²) in [5.74, 6) is 0.360. The van der Waals surface area contributed by atoms with Gasteiger partial charge < -0.3 is 15.2 Å². The molecule has 1 aromatic heterocycles. The van der Waals surface area contributed by atoms with Gasteiger partial charge in [-0.15, -0.1) is 0 Å². The summed E-state index contributed by atoms with van der Waals surface area (Å²) in [6, 6.07) is 22.6. The molecular weight excluding hydrogens is 396 g/mol. The van der Waals surface area contributed by atoms with E-state index in [4.69, 9.17) is 11.6 Å². The fourth-order valence-corrected chi connectivity index (χ4v) is 3.26. The summed E-state index contributed by atoms with van der Waals surface area (Å²) in [5, 5.41) is 3.62. The van der Waals surface area contributed by atoms with Gasteiger partial charge in [-0.25, -0.2) is 4.98 Å². The number of benzene rings is 3. The van der Waals surface area contributed by atoms with E-state index < -0.39 is 0 Å². The number of nitrogens with one attached hydrogen (secondary N) is 2. The third kappa shape index (κ3) is 4.36. The molecule has 1 amide bonds. The number of hydrogen-bond acceptors (Lipinski definition) is 3. The third-order valence-corrected chi connectivity index (χ3v) is 4.94. The zero-order chi connectivity index (χ0) is 21.1. The van der Waals surface area contributed by atoms with Gasteiger partial charge in [0.15, 0.2) is 5.82 Å². The Hall–Kier alpha value is -3.57. The van der Waals surface area contributed by atoms with Crippen LogP contribution in [0.1, 0.15) is 21.7 Å². The molecule has 0 spiro atoms. The maximum atomic E-state index is 12.8. The fraction of sp³-hybridized carbons (Fsp3) is 0.0833. The maximum Gasteiger partial charge on any atom is 0.255 e. The van der Waals surface area contributed by atoms with Gasteiger partial charge in [0.25, 0.3) is 5.91 Å². The predicted molar refractivity (Wildman–Crippen MR) is 124 cm³/mol. The van der Waals surface area contributed by atoms with Gasteiger partial charge in [0.05, 0.1) is 16.7 Å². The Bertz CT molecular complexity index is 1210. The molecule has 0 fully saturated rings. The lowest BCUT2D eigenvalue weighted by Crippen LogP contribution is -2.22. The first-order valence-corrected chi connectivity index (χ1v) is 9.88. The van der Waals surface area contributed by atoms with Crippen molar-refractivity contribution in [3.05, 3.63) is 94.8 Å². The zero-order valence-corrected chi connectivity index (χ0v) is 17.4. The summed E-state index contributed by atoms with van der Waals surface area (Å²) in [6.07, 6.45) is 1.90. The van der Waals surface area contributed by atoms with Crippen molar-refractivity contribution in [2.45, 2.75) is 0 Å². The smallest absolute Gasteiger partial charge is 0.255 e. The van der Waals surface area contributed by atoms with Gasteiger partial charge in [-0.3, -0.25) is 4.79 Å². The molecule has 150 valence electrons. The second kappa shape index (κ2) is 8.43. The summed E-state index contributed by atoms with van der Waals surface area (Å²) >= 11 is 6.11. The molecule has 0 aliphatic heterocycles. The Balaban J connectivity index is 1.74. The number of imidazole rings is 1. The number of nitrogens with zero attached hydrogens (tertiary/aromatic N) is 2. The lowest BCUT2D eigenvalue weighted by atomic mass is 10.1. The van der Waals surface area contributed by atoms with Crippen LogP contribution in [0.25, 0.3) is 22.8 Å². The summed E-state index contributed by atoms with van der Waals surface area (Å²) in [6.45, 7) is 0. The normalized spacial score (nSPS) is 11.5. The van der Waals surface area contributed by atoms with Gasteiger partial charge in [0, 0.05) is 30.4 Å². The molecule has 0 aliphatic rings. The lowest BCUT2D eigenvalue weighted by molar-refractivity contribution is 0.0973. The molecule has 4 aromatic rings. The highest BCUT2D eigenvalue weighted by atomic mass is 35.5. The molecule has 30 heavy (non-hydrogen) atoms. The topological polar surface area (TPSA) is 61.0 Å². The molecule has 0 atom stereocenters. The largest absolute Gasteiger partial charge is 0.378 e. The SMILES string of the molecule is CN(C)c1ccc(/C=C(/NC(=O)c2ccccc2)c2nc3ccc(Cl)cc3[nH]2)cc1. The Kier molecular flexibility index (Phi) is 5.55. The average molecular weight is 417 g/mol. The molecule has 0 saturated carbocycles. The van der Waals surface area contributed by atoms with Crippen LogP contribution in [0.5, 0.6) is 0 Å². The van der Waals surface area contributed by atoms with Gasteiger partial charge in [-0.2, -0.15) is 0 Å². The third-order valence-electron chi connectivity index (χ3n) is 4.70. The van der Waals surface area contributed by atoms with E-state index in [2.05, 4.69) is 15.3 Å². The number of hydrogen-bond donors (Lipinski definition) is 2. The number of carbonyl (C=O) groups excluding carboxylic acids is 1. The van der Waals surface area contributed by atoms with Crippen molar-refractivity contribution in [3.8, 4) is 0 Å². The van der Waals surface area contributed by atoms with Crippen LogP contribution in [-0.2, 0) is 0 Å². The van der Waals surface area contributed by atoms with Crippen molar-refractivity contribution in [2.24, 2.45) is 0 Å². The summed E-state index contributed by atoms with van der Waals surface area (Å²) < 4.78 is 0. The van der Waals surface area contributed by atoms with Gasteiger partial charge in [-0.1, -0.05) is 41.9 Å². The lowest BCUT2D eigenvalue weighted by Gasteiger charge is -2.12. The number of aromatic amines is 1. The van der Waals surface area contributed by atoms with Gasteiger partial charge in [0.1, 0.15) is 0 Å². The quantitative estimate of drug-likeness (QED) is 0.469. The van der Waals surface area contributed by atoms with Gasteiger partial charge >= 0.3 is 0 Å². The molecule has 2 N–H and O–H groups in total. The van der Waals surface area contributed by atoms with Crippen molar-refractivity contribution in [1.29, 1.82) is 0 Å². The van der Waals surface area contributed by atoms with Crippen molar-refractivity contribution in [3.63, 3.8) is 0 Å². The first kappa shape index (κ1) is 19.7. The van der Waals surface area contributed by atoms with Crippen LogP contribution in [0.15, 0.2) is 72.8 Å². The highest BCUT2D eigenvalue weighted by Gasteiger charge is 2.13. The molecule has 3 aromatic carbocycles. The number of H-pyrrole nitrogens is 1. The maximum absolute atomic E-state index is 12.8. The molecule has 4 rings (SSSR count). The van der Waals surface area contributed by atoms with E-state index >= 15 is 0 Å². The Morgan fingerprint density at radius 2 is 1.77 bits per heavy atom. The standard InChI is InChI=1S/C24H21ClN4O/c1-29(2)19-11-8-16(9-12-19)14-22(28-24(30)17-6-4-3-5-7-17)23-26-20-13-10-18(25)15-21(20)27-23/h3-15H,1-2H3,(H,26,27)(H,28,30)/b22-14+. The van der Waals surface area contributed by atoms with Crippen LogP contribution in [0.4, 0.5) is 5.69 Å². The monoisotopic (exact) mass is 416 g/mol. The number of aromatic nitrogens is 2. The summed E-state index contributed by atoms with van der Waals surface area (Å²) in [5.41, 5.74) is 4.78. The first-order chi connectivity index (χ1) is 14.5. The number of fused-ring (bicyclic) bond motifs is 1. The molecule has 1 heterocycles. The van der Waals surface area contributed by atoms with Crippen LogP contribution in [0.2, 0.25) is 5.02 Å². The summed E-state index contributed by atoms with van der Waals surface area (Å²) in [4.78, 5) is 22.7. The van der Waals surface area contributed by atoms with Crippen LogP contribution in [0, 0.1) is 0 Å². The number of halogens is 1. The van der Waals surface area contributed by atoms with Crippen LogP contribution >= 0.6 is 11.6 Å². The minimum absolute atomic E-state index is 0.203. The van der Waals surface area contributed by atoms with E-state index in [-0.39, 0.29) is 5.91 Å². The van der Waals surface area contributed by atoms with Crippen LogP contribution in [-0.4, -0.2) is 30.0 Å². The minimum atomic E-state index is -0.203.